The molecule has 4 N–H and O–H groups in total. The molecule has 1 aliphatic rings. The van der Waals surface area contributed by atoms with E-state index in [0.717, 1.165) is 35.9 Å². The summed E-state index contributed by atoms with van der Waals surface area (Å²) < 4.78 is 0. The van der Waals surface area contributed by atoms with Crippen LogP contribution in [0.2, 0.25) is 0 Å². The number of fused-ring (bicyclic) bond motifs is 2. The number of carbonyl (C=O) groups is 1. The van der Waals surface area contributed by atoms with Crippen LogP contribution in [0.15, 0.2) is 30.3 Å². The largest absolute Gasteiger partial charge is 0.375 e. The number of anilines is 1. The molecule has 1 atom stereocenters. The van der Waals surface area contributed by atoms with E-state index in [1.54, 1.807) is 0 Å². The normalized spacial score (nSPS) is 17.4. The minimum Gasteiger partial charge on any atom is -0.375 e. The van der Waals surface area contributed by atoms with Gasteiger partial charge in [0.1, 0.15) is 5.69 Å². The van der Waals surface area contributed by atoms with Gasteiger partial charge in [-0.05, 0) is 25.0 Å². The van der Waals surface area contributed by atoms with Gasteiger partial charge in [0.05, 0.1) is 5.69 Å². The van der Waals surface area contributed by atoms with Crippen LogP contribution in [0.4, 0.5) is 5.13 Å². The molecule has 22 heavy (non-hydrogen) atoms. The highest BCUT2D eigenvalue weighted by atomic mass is 32.1. The Morgan fingerprint density at radius 1 is 1.41 bits per heavy atom. The van der Waals surface area contributed by atoms with E-state index in [1.807, 2.05) is 30.3 Å². The number of hydrogen-bond acceptors (Lipinski definition) is 4. The number of nitrogens with one attached hydrogen (secondary N) is 2. The van der Waals surface area contributed by atoms with Crippen molar-refractivity contribution < 1.29 is 4.79 Å². The average Bonchev–Trinajstić information content (AvgIpc) is 3.08. The van der Waals surface area contributed by atoms with Gasteiger partial charge in [0.15, 0.2) is 5.13 Å². The second kappa shape index (κ2) is 5.14. The number of nitrogen functional groups attached to an aromatic ring is 1. The molecular weight excluding hydrogens is 296 g/mol. The van der Waals surface area contributed by atoms with Gasteiger partial charge in [-0.3, -0.25) is 4.79 Å². The fourth-order valence-corrected chi connectivity index (χ4v) is 3.94. The van der Waals surface area contributed by atoms with Gasteiger partial charge in [0.25, 0.3) is 5.91 Å². The Morgan fingerprint density at radius 2 is 2.27 bits per heavy atom. The number of amides is 1. The summed E-state index contributed by atoms with van der Waals surface area (Å²) in [5.74, 6) is -0.0536. The van der Waals surface area contributed by atoms with Crippen LogP contribution >= 0.6 is 11.3 Å². The summed E-state index contributed by atoms with van der Waals surface area (Å²) >= 11 is 1.53. The van der Waals surface area contributed by atoms with E-state index < -0.39 is 0 Å². The Hall–Kier alpha value is -2.34. The van der Waals surface area contributed by atoms with Gasteiger partial charge in [-0.25, -0.2) is 4.98 Å². The lowest BCUT2D eigenvalue weighted by molar-refractivity contribution is 0.0929. The maximum atomic E-state index is 12.4. The second-order valence-electron chi connectivity index (χ2n) is 5.61. The predicted octanol–water partition coefficient (Wildman–Crippen LogP) is 2.49. The third-order valence-electron chi connectivity index (χ3n) is 4.07. The molecule has 1 aliphatic carbocycles. The average molecular weight is 312 g/mol. The van der Waals surface area contributed by atoms with Crippen molar-refractivity contribution in [3.63, 3.8) is 0 Å². The van der Waals surface area contributed by atoms with Gasteiger partial charge >= 0.3 is 0 Å². The topological polar surface area (TPSA) is 83.8 Å². The summed E-state index contributed by atoms with van der Waals surface area (Å²) in [4.78, 5) is 21.1. The molecule has 2 aromatic heterocycles. The van der Waals surface area contributed by atoms with E-state index in [-0.39, 0.29) is 11.9 Å². The Bertz CT molecular complexity index is 818. The van der Waals surface area contributed by atoms with Crippen molar-refractivity contribution in [2.45, 2.75) is 25.3 Å². The number of aromatic nitrogens is 2. The van der Waals surface area contributed by atoms with Gasteiger partial charge in [-0.1, -0.05) is 18.2 Å². The molecule has 0 spiro atoms. The molecule has 0 bridgehead atoms. The molecule has 0 radical (unpaired) electrons. The number of hydrogen-bond donors (Lipinski definition) is 3. The predicted molar refractivity (Wildman–Crippen MR) is 88.1 cm³/mol. The Kier molecular flexibility index (Phi) is 3.11. The van der Waals surface area contributed by atoms with Gasteiger partial charge in [0, 0.05) is 28.2 Å². The Morgan fingerprint density at radius 3 is 3.14 bits per heavy atom. The molecule has 1 aromatic carbocycles. The fraction of sp³-hybridized carbons (Fsp3) is 0.250. The minimum atomic E-state index is -0.0536. The molecule has 3 aromatic rings. The molecular formula is C16H16N4OS. The molecule has 1 unspecified atom stereocenters. The quantitative estimate of drug-likeness (QED) is 0.680. The van der Waals surface area contributed by atoms with E-state index in [2.05, 4.69) is 15.3 Å². The van der Waals surface area contributed by atoms with Crippen molar-refractivity contribution in [1.29, 1.82) is 0 Å². The van der Waals surface area contributed by atoms with Gasteiger partial charge in [-0.15, -0.1) is 11.3 Å². The highest BCUT2D eigenvalue weighted by Gasteiger charge is 2.24. The maximum absolute atomic E-state index is 12.4. The van der Waals surface area contributed by atoms with Crippen LogP contribution in [0, 0.1) is 0 Å². The number of carbonyl (C=O) groups excluding carboxylic acids is 1. The van der Waals surface area contributed by atoms with Crippen LogP contribution in [0.1, 0.15) is 27.5 Å². The molecule has 0 fully saturated rings. The third-order valence-corrected chi connectivity index (χ3v) is 5.02. The summed E-state index contributed by atoms with van der Waals surface area (Å²) in [5.41, 5.74) is 8.44. The van der Waals surface area contributed by atoms with Crippen molar-refractivity contribution in [2.75, 3.05) is 5.73 Å². The summed E-state index contributed by atoms with van der Waals surface area (Å²) in [6.45, 7) is 0. The zero-order chi connectivity index (χ0) is 15.1. The number of para-hydroxylation sites is 1. The standard InChI is InChI=1S/C16H16N4OS/c17-16-20-12-6-5-10(8-14(12)22-16)18-15(21)13-7-9-3-1-2-4-11(9)19-13/h1-4,7,10,19H,5-6,8H2,(H2,17,20)(H,18,21). The minimum absolute atomic E-state index is 0.0536. The van der Waals surface area contributed by atoms with E-state index in [1.165, 1.54) is 16.2 Å². The third kappa shape index (κ3) is 2.35. The first kappa shape index (κ1) is 13.3. The molecule has 0 aliphatic heterocycles. The SMILES string of the molecule is Nc1nc2c(s1)CC(NC(=O)c1cc3ccccc3[nH]1)CC2. The number of H-pyrrole nitrogens is 1. The van der Waals surface area contributed by atoms with Crippen LogP contribution in [0.3, 0.4) is 0 Å². The summed E-state index contributed by atoms with van der Waals surface area (Å²) in [6.07, 6.45) is 2.60. The number of aryl methyl sites for hydroxylation is 1. The van der Waals surface area contributed by atoms with Crippen LogP contribution in [0.25, 0.3) is 10.9 Å². The zero-order valence-corrected chi connectivity index (χ0v) is 12.7. The van der Waals surface area contributed by atoms with Crippen molar-refractivity contribution in [3.05, 3.63) is 46.6 Å². The Balaban J connectivity index is 1.50. The van der Waals surface area contributed by atoms with Crippen LogP contribution in [-0.2, 0) is 12.8 Å². The highest BCUT2D eigenvalue weighted by Crippen LogP contribution is 2.28. The summed E-state index contributed by atoms with van der Waals surface area (Å²) in [5, 5.41) is 4.78. The zero-order valence-electron chi connectivity index (χ0n) is 11.9. The van der Waals surface area contributed by atoms with E-state index in [4.69, 9.17) is 5.73 Å². The highest BCUT2D eigenvalue weighted by molar-refractivity contribution is 7.15. The van der Waals surface area contributed by atoms with Crippen molar-refractivity contribution >= 4 is 33.3 Å². The molecule has 112 valence electrons. The molecule has 6 heteroatoms. The number of thiazole rings is 1. The van der Waals surface area contributed by atoms with Gasteiger partial charge in [-0.2, -0.15) is 0 Å². The van der Waals surface area contributed by atoms with Crippen molar-refractivity contribution in [1.82, 2.24) is 15.3 Å². The van der Waals surface area contributed by atoms with Crippen LogP contribution in [0.5, 0.6) is 0 Å². The molecule has 0 saturated carbocycles. The number of benzene rings is 1. The number of rotatable bonds is 2. The van der Waals surface area contributed by atoms with Crippen molar-refractivity contribution in [2.24, 2.45) is 0 Å². The molecule has 5 nitrogen and oxygen atoms in total. The number of nitrogens with zero attached hydrogens (tertiary/aromatic N) is 1. The second-order valence-corrected chi connectivity index (χ2v) is 6.72. The van der Waals surface area contributed by atoms with E-state index in [0.29, 0.717) is 10.8 Å². The van der Waals surface area contributed by atoms with Crippen LogP contribution < -0.4 is 11.1 Å². The first-order valence-corrected chi connectivity index (χ1v) is 8.13. The lowest BCUT2D eigenvalue weighted by atomic mass is 9.97. The van der Waals surface area contributed by atoms with Crippen molar-refractivity contribution in [3.8, 4) is 0 Å². The van der Waals surface area contributed by atoms with E-state index >= 15 is 0 Å². The van der Waals surface area contributed by atoms with Gasteiger partial charge in [0.2, 0.25) is 0 Å². The molecule has 2 heterocycles. The summed E-state index contributed by atoms with van der Waals surface area (Å²) in [6, 6.07) is 9.93. The first-order chi connectivity index (χ1) is 10.7. The number of nitrogens with two attached hydrogens (primary N) is 1. The van der Waals surface area contributed by atoms with E-state index in [9.17, 15) is 4.79 Å². The lowest BCUT2D eigenvalue weighted by Gasteiger charge is -2.22. The van der Waals surface area contributed by atoms with Gasteiger partial charge < -0.3 is 16.0 Å². The summed E-state index contributed by atoms with van der Waals surface area (Å²) in [7, 11) is 0. The molecule has 1 amide bonds. The number of aromatic amines is 1. The van der Waals surface area contributed by atoms with Crippen LogP contribution in [-0.4, -0.2) is 21.9 Å². The fourth-order valence-electron chi connectivity index (χ4n) is 2.98. The maximum Gasteiger partial charge on any atom is 0.267 e. The lowest BCUT2D eigenvalue weighted by Crippen LogP contribution is -2.38. The smallest absolute Gasteiger partial charge is 0.267 e. The molecule has 0 saturated heterocycles. The Labute approximate surface area is 131 Å². The monoisotopic (exact) mass is 312 g/mol. The first-order valence-electron chi connectivity index (χ1n) is 7.32. The molecule has 4 rings (SSSR count).